The summed E-state index contributed by atoms with van der Waals surface area (Å²) >= 11 is 0. The van der Waals surface area contributed by atoms with E-state index in [1.807, 2.05) is 42.5 Å². The summed E-state index contributed by atoms with van der Waals surface area (Å²) in [6, 6.07) is 17.8. The molecule has 0 aliphatic heterocycles. The minimum Gasteiger partial charge on any atom is -0.382 e. The number of benzene rings is 2. The summed E-state index contributed by atoms with van der Waals surface area (Å²) in [5.41, 5.74) is 2.87. The molecule has 0 bridgehead atoms. The summed E-state index contributed by atoms with van der Waals surface area (Å²) in [5, 5.41) is 6.21. The molecule has 0 radical (unpaired) electrons. The third-order valence-corrected chi connectivity index (χ3v) is 3.06. The summed E-state index contributed by atoms with van der Waals surface area (Å²) in [6.07, 6.45) is 0. The second-order valence-corrected chi connectivity index (χ2v) is 4.82. The zero-order valence-electron chi connectivity index (χ0n) is 12.3. The number of hydrogen-bond donors (Lipinski definition) is 2. The normalized spacial score (nSPS) is 11.7. The van der Waals surface area contributed by atoms with Gasteiger partial charge in [0.05, 0.1) is 12.6 Å². The summed E-state index contributed by atoms with van der Waals surface area (Å²) in [5.74, 6) is -0.0800. The van der Waals surface area contributed by atoms with Crippen molar-refractivity contribution in [3.8, 4) is 0 Å². The van der Waals surface area contributed by atoms with E-state index in [1.54, 1.807) is 7.11 Å². The molecule has 0 aliphatic carbocycles. The average molecular weight is 284 g/mol. The first-order valence-corrected chi connectivity index (χ1v) is 6.87. The van der Waals surface area contributed by atoms with Crippen LogP contribution in [-0.4, -0.2) is 19.6 Å². The average Bonchev–Trinajstić information content (AvgIpc) is 2.47. The molecule has 21 heavy (non-hydrogen) atoms. The van der Waals surface area contributed by atoms with Crippen molar-refractivity contribution < 1.29 is 9.53 Å². The number of anilines is 2. The maximum atomic E-state index is 11.1. The smallest absolute Gasteiger partial charge is 0.221 e. The van der Waals surface area contributed by atoms with Crippen LogP contribution < -0.4 is 10.6 Å². The van der Waals surface area contributed by atoms with E-state index in [0.29, 0.717) is 6.61 Å². The van der Waals surface area contributed by atoms with Crippen LogP contribution in [0.25, 0.3) is 0 Å². The molecule has 0 saturated heterocycles. The summed E-state index contributed by atoms with van der Waals surface area (Å²) in [4.78, 5) is 11.1. The van der Waals surface area contributed by atoms with E-state index < -0.39 is 0 Å². The molecule has 2 N–H and O–H groups in total. The van der Waals surface area contributed by atoms with E-state index in [9.17, 15) is 4.79 Å². The van der Waals surface area contributed by atoms with Gasteiger partial charge >= 0.3 is 0 Å². The number of carbonyl (C=O) groups is 1. The van der Waals surface area contributed by atoms with Gasteiger partial charge in [0, 0.05) is 25.4 Å². The first-order valence-electron chi connectivity index (χ1n) is 6.87. The van der Waals surface area contributed by atoms with Gasteiger partial charge in [0.25, 0.3) is 0 Å². The minimum absolute atomic E-state index is 0.0591. The maximum absolute atomic E-state index is 11.1. The molecule has 1 amide bonds. The Morgan fingerprint density at radius 2 is 1.81 bits per heavy atom. The number of methoxy groups -OCH3 is 1. The van der Waals surface area contributed by atoms with Crippen LogP contribution in [0.5, 0.6) is 0 Å². The number of nitrogens with one attached hydrogen (secondary N) is 2. The predicted octanol–water partition coefficient (Wildman–Crippen LogP) is 3.44. The van der Waals surface area contributed by atoms with Gasteiger partial charge in [-0.05, 0) is 23.8 Å². The molecule has 2 aromatic carbocycles. The molecular formula is C17H20N2O2. The van der Waals surface area contributed by atoms with Gasteiger partial charge in [-0.25, -0.2) is 0 Å². The van der Waals surface area contributed by atoms with Crippen molar-refractivity contribution in [2.45, 2.75) is 13.0 Å². The van der Waals surface area contributed by atoms with Crippen molar-refractivity contribution in [2.24, 2.45) is 0 Å². The highest BCUT2D eigenvalue weighted by Crippen LogP contribution is 2.22. The zero-order valence-corrected chi connectivity index (χ0v) is 12.3. The largest absolute Gasteiger partial charge is 0.382 e. The van der Waals surface area contributed by atoms with Gasteiger partial charge in [-0.1, -0.05) is 36.4 Å². The van der Waals surface area contributed by atoms with Crippen molar-refractivity contribution in [1.82, 2.24) is 0 Å². The molecule has 0 heterocycles. The molecule has 4 nitrogen and oxygen atoms in total. The maximum Gasteiger partial charge on any atom is 0.221 e. The quantitative estimate of drug-likeness (QED) is 0.854. The van der Waals surface area contributed by atoms with Crippen LogP contribution in [0.15, 0.2) is 54.6 Å². The van der Waals surface area contributed by atoms with Crippen LogP contribution in [0, 0.1) is 0 Å². The topological polar surface area (TPSA) is 50.4 Å². The Morgan fingerprint density at radius 3 is 2.48 bits per heavy atom. The molecule has 0 saturated carbocycles. The highest BCUT2D eigenvalue weighted by atomic mass is 16.5. The first kappa shape index (κ1) is 15.1. The van der Waals surface area contributed by atoms with E-state index in [2.05, 4.69) is 22.8 Å². The fraction of sp³-hybridized carbons (Fsp3) is 0.235. The van der Waals surface area contributed by atoms with E-state index in [-0.39, 0.29) is 11.9 Å². The molecule has 2 aromatic rings. The number of ether oxygens (including phenoxy) is 1. The molecule has 2 rings (SSSR count). The van der Waals surface area contributed by atoms with Gasteiger partial charge in [0.1, 0.15) is 0 Å². The van der Waals surface area contributed by atoms with Crippen molar-refractivity contribution in [1.29, 1.82) is 0 Å². The lowest BCUT2D eigenvalue weighted by atomic mass is 10.1. The van der Waals surface area contributed by atoms with Crippen molar-refractivity contribution in [2.75, 3.05) is 24.4 Å². The van der Waals surface area contributed by atoms with Gasteiger partial charge < -0.3 is 15.4 Å². The summed E-state index contributed by atoms with van der Waals surface area (Å²) in [7, 11) is 1.69. The van der Waals surface area contributed by atoms with Gasteiger partial charge in [-0.3, -0.25) is 4.79 Å². The SMILES string of the molecule is COCC(Nc1cccc(NC(C)=O)c1)c1ccccc1. The highest BCUT2D eigenvalue weighted by molar-refractivity contribution is 5.89. The zero-order chi connectivity index (χ0) is 15.1. The molecule has 110 valence electrons. The van der Waals surface area contributed by atoms with Gasteiger partial charge in [0.2, 0.25) is 5.91 Å². The lowest BCUT2D eigenvalue weighted by Crippen LogP contribution is -2.16. The van der Waals surface area contributed by atoms with E-state index in [4.69, 9.17) is 4.74 Å². The highest BCUT2D eigenvalue weighted by Gasteiger charge is 2.11. The van der Waals surface area contributed by atoms with E-state index in [1.165, 1.54) is 6.92 Å². The van der Waals surface area contributed by atoms with Crippen LogP contribution in [-0.2, 0) is 9.53 Å². The number of amides is 1. The lowest BCUT2D eigenvalue weighted by Gasteiger charge is -2.20. The van der Waals surface area contributed by atoms with Crippen molar-refractivity contribution in [3.63, 3.8) is 0 Å². The van der Waals surface area contributed by atoms with Gasteiger partial charge in [-0.15, -0.1) is 0 Å². The molecule has 1 atom stereocenters. The number of rotatable bonds is 6. The Bertz CT molecular complexity index is 584. The lowest BCUT2D eigenvalue weighted by molar-refractivity contribution is -0.114. The van der Waals surface area contributed by atoms with Crippen LogP contribution in [0.1, 0.15) is 18.5 Å². The fourth-order valence-corrected chi connectivity index (χ4v) is 2.16. The Morgan fingerprint density at radius 1 is 1.10 bits per heavy atom. The molecule has 4 heteroatoms. The molecule has 0 spiro atoms. The van der Waals surface area contributed by atoms with Crippen LogP contribution in [0.4, 0.5) is 11.4 Å². The second-order valence-electron chi connectivity index (χ2n) is 4.82. The van der Waals surface area contributed by atoms with Crippen molar-refractivity contribution in [3.05, 3.63) is 60.2 Å². The molecule has 0 aliphatic rings. The minimum atomic E-state index is -0.0800. The number of hydrogen-bond acceptors (Lipinski definition) is 3. The van der Waals surface area contributed by atoms with E-state index >= 15 is 0 Å². The van der Waals surface area contributed by atoms with E-state index in [0.717, 1.165) is 16.9 Å². The third kappa shape index (κ3) is 4.61. The Balaban J connectivity index is 2.15. The molecule has 1 unspecified atom stereocenters. The van der Waals surface area contributed by atoms with Crippen molar-refractivity contribution >= 4 is 17.3 Å². The Hall–Kier alpha value is -2.33. The standard InChI is InChI=1S/C17H20N2O2/c1-13(20)18-15-9-6-10-16(11-15)19-17(12-21-2)14-7-4-3-5-8-14/h3-11,17,19H,12H2,1-2H3,(H,18,20). The molecular weight excluding hydrogens is 264 g/mol. The summed E-state index contributed by atoms with van der Waals surface area (Å²) < 4.78 is 5.29. The number of carbonyl (C=O) groups excluding carboxylic acids is 1. The predicted molar refractivity (Wildman–Crippen MR) is 85.4 cm³/mol. The Labute approximate surface area is 125 Å². The first-order chi connectivity index (χ1) is 10.2. The van der Waals surface area contributed by atoms with Crippen LogP contribution >= 0.6 is 0 Å². The monoisotopic (exact) mass is 284 g/mol. The summed E-state index contributed by atoms with van der Waals surface area (Å²) in [6.45, 7) is 2.06. The fourth-order valence-electron chi connectivity index (χ4n) is 2.16. The van der Waals surface area contributed by atoms with Crippen LogP contribution in [0.2, 0.25) is 0 Å². The molecule has 0 aromatic heterocycles. The third-order valence-electron chi connectivity index (χ3n) is 3.06. The molecule has 0 fully saturated rings. The van der Waals surface area contributed by atoms with Crippen LogP contribution in [0.3, 0.4) is 0 Å². The second kappa shape index (κ2) is 7.45. The van der Waals surface area contributed by atoms with Gasteiger partial charge in [-0.2, -0.15) is 0 Å². The Kier molecular flexibility index (Phi) is 5.35. The van der Waals surface area contributed by atoms with Gasteiger partial charge in [0.15, 0.2) is 0 Å².